The number of amides is 1. The monoisotopic (exact) mass is 274 g/mol. The summed E-state index contributed by atoms with van der Waals surface area (Å²) in [4.78, 5) is 23.7. The molecule has 1 aliphatic rings. The molecule has 0 bridgehead atoms. The summed E-state index contributed by atoms with van der Waals surface area (Å²) >= 11 is 0. The Hall–Kier alpha value is -2.68. The van der Waals surface area contributed by atoms with E-state index in [1.165, 1.54) is 4.90 Å². The maximum absolute atomic E-state index is 11.8. The van der Waals surface area contributed by atoms with Gasteiger partial charge in [-0.05, 0) is 18.2 Å². The molecule has 0 aromatic heterocycles. The smallest absolute Gasteiger partial charge is 0.305 e. The van der Waals surface area contributed by atoms with Gasteiger partial charge < -0.3 is 15.2 Å². The number of carboxylic acid groups (broad SMARTS) is 1. The molecule has 0 saturated carbocycles. The van der Waals surface area contributed by atoms with E-state index in [2.05, 4.69) is 11.2 Å². The normalized spacial score (nSPS) is 13.2. The molecular weight excluding hydrogens is 260 g/mol. The zero-order chi connectivity index (χ0) is 14.5. The van der Waals surface area contributed by atoms with Crippen molar-refractivity contribution < 1.29 is 19.4 Å². The van der Waals surface area contributed by atoms with Crippen LogP contribution < -0.4 is 15.0 Å². The van der Waals surface area contributed by atoms with Gasteiger partial charge in [-0.15, -0.1) is 6.42 Å². The van der Waals surface area contributed by atoms with Gasteiger partial charge in [0.1, 0.15) is 5.75 Å². The van der Waals surface area contributed by atoms with E-state index in [0.29, 0.717) is 23.7 Å². The van der Waals surface area contributed by atoms with Crippen LogP contribution in [0.5, 0.6) is 5.75 Å². The van der Waals surface area contributed by atoms with Gasteiger partial charge in [-0.3, -0.25) is 14.5 Å². The Morgan fingerprint density at radius 1 is 1.55 bits per heavy atom. The quantitative estimate of drug-likeness (QED) is 0.781. The van der Waals surface area contributed by atoms with Gasteiger partial charge in [0.05, 0.1) is 18.7 Å². The predicted molar refractivity (Wildman–Crippen MR) is 73.9 cm³/mol. The summed E-state index contributed by atoms with van der Waals surface area (Å²) in [6.45, 7) is 0.451. The van der Waals surface area contributed by atoms with E-state index in [1.807, 2.05) is 0 Å². The molecule has 0 spiro atoms. The first kappa shape index (κ1) is 13.7. The zero-order valence-electron chi connectivity index (χ0n) is 10.8. The van der Waals surface area contributed by atoms with Gasteiger partial charge in [-0.1, -0.05) is 5.92 Å². The number of terminal acetylenes is 1. The Labute approximate surface area is 116 Å². The molecule has 104 valence electrons. The molecule has 0 atom stereocenters. The number of aliphatic carboxylic acids is 1. The average Bonchev–Trinajstić information content (AvgIpc) is 2.42. The molecule has 0 saturated heterocycles. The number of nitrogens with zero attached hydrogens (tertiary/aromatic N) is 1. The number of hydrogen-bond acceptors (Lipinski definition) is 4. The molecule has 6 heteroatoms. The summed E-state index contributed by atoms with van der Waals surface area (Å²) < 4.78 is 5.33. The van der Waals surface area contributed by atoms with E-state index >= 15 is 0 Å². The van der Waals surface area contributed by atoms with Crippen molar-refractivity contribution in [3.63, 3.8) is 0 Å². The summed E-state index contributed by atoms with van der Waals surface area (Å²) in [5.74, 6) is 1.96. The lowest BCUT2D eigenvalue weighted by molar-refractivity contribution is -0.136. The van der Waals surface area contributed by atoms with Crippen molar-refractivity contribution in [1.29, 1.82) is 0 Å². The SMILES string of the molecule is C#CCN1C(=O)COc2ccc(NCCC(=O)O)cc21. The number of rotatable bonds is 5. The third-order valence-corrected chi connectivity index (χ3v) is 2.82. The number of hydrogen-bond donors (Lipinski definition) is 2. The third kappa shape index (κ3) is 3.01. The van der Waals surface area contributed by atoms with Gasteiger partial charge >= 0.3 is 5.97 Å². The summed E-state index contributed by atoms with van der Waals surface area (Å²) in [6, 6.07) is 5.23. The van der Waals surface area contributed by atoms with Crippen LogP contribution in [0.2, 0.25) is 0 Å². The second kappa shape index (κ2) is 5.97. The van der Waals surface area contributed by atoms with Gasteiger partial charge in [0.25, 0.3) is 5.91 Å². The van der Waals surface area contributed by atoms with Crippen molar-refractivity contribution in [1.82, 2.24) is 0 Å². The topological polar surface area (TPSA) is 78.9 Å². The van der Waals surface area contributed by atoms with Crippen LogP contribution in [0.15, 0.2) is 18.2 Å². The molecule has 20 heavy (non-hydrogen) atoms. The molecule has 0 aliphatic carbocycles. The van der Waals surface area contributed by atoms with Crippen molar-refractivity contribution in [2.45, 2.75) is 6.42 Å². The standard InChI is InChI=1S/C14H14N2O4/c1-2-7-16-11-8-10(15-6-5-14(18)19)3-4-12(11)20-9-13(16)17/h1,3-4,8,15H,5-7,9H2,(H,18,19). The van der Waals surface area contributed by atoms with Crippen molar-refractivity contribution >= 4 is 23.3 Å². The second-order valence-corrected chi connectivity index (χ2v) is 4.23. The number of carbonyl (C=O) groups excluding carboxylic acids is 1. The van der Waals surface area contributed by atoms with E-state index in [-0.39, 0.29) is 25.5 Å². The van der Waals surface area contributed by atoms with Crippen molar-refractivity contribution in [3.05, 3.63) is 18.2 Å². The van der Waals surface area contributed by atoms with Gasteiger partial charge in [0.2, 0.25) is 0 Å². The minimum Gasteiger partial charge on any atom is -0.482 e. The molecule has 2 N–H and O–H groups in total. The van der Waals surface area contributed by atoms with Crippen LogP contribution in [0, 0.1) is 12.3 Å². The molecule has 1 aromatic rings. The highest BCUT2D eigenvalue weighted by molar-refractivity contribution is 5.98. The Morgan fingerprint density at radius 2 is 2.35 bits per heavy atom. The number of nitrogens with one attached hydrogen (secondary N) is 1. The Balaban J connectivity index is 2.17. The molecule has 0 radical (unpaired) electrons. The molecule has 1 heterocycles. The summed E-state index contributed by atoms with van der Waals surface area (Å²) in [5.41, 5.74) is 1.31. The number of ether oxygens (including phenoxy) is 1. The minimum absolute atomic E-state index is 0.0145. The molecule has 6 nitrogen and oxygen atoms in total. The summed E-state index contributed by atoms with van der Waals surface area (Å²) in [5, 5.41) is 11.6. The number of benzene rings is 1. The van der Waals surface area contributed by atoms with Crippen molar-refractivity contribution in [2.24, 2.45) is 0 Å². The first-order valence-corrected chi connectivity index (χ1v) is 6.08. The predicted octanol–water partition coefficient (Wildman–Crippen LogP) is 0.932. The van der Waals surface area contributed by atoms with Crippen LogP contribution in [0.3, 0.4) is 0 Å². The van der Waals surface area contributed by atoms with E-state index in [9.17, 15) is 9.59 Å². The molecule has 0 unspecified atom stereocenters. The lowest BCUT2D eigenvalue weighted by Crippen LogP contribution is -2.39. The number of fused-ring (bicyclic) bond motifs is 1. The third-order valence-electron chi connectivity index (χ3n) is 2.82. The first-order valence-electron chi connectivity index (χ1n) is 6.08. The lowest BCUT2D eigenvalue weighted by atomic mass is 10.2. The summed E-state index contributed by atoms with van der Waals surface area (Å²) in [6.07, 6.45) is 5.28. The van der Waals surface area contributed by atoms with Crippen LogP contribution in [0.4, 0.5) is 11.4 Å². The first-order chi connectivity index (χ1) is 9.61. The van der Waals surface area contributed by atoms with Crippen LogP contribution in [0.25, 0.3) is 0 Å². The largest absolute Gasteiger partial charge is 0.482 e. The van der Waals surface area contributed by atoms with Crippen molar-refractivity contribution in [2.75, 3.05) is 29.9 Å². The zero-order valence-corrected chi connectivity index (χ0v) is 10.8. The second-order valence-electron chi connectivity index (χ2n) is 4.23. The highest BCUT2D eigenvalue weighted by Crippen LogP contribution is 2.34. The number of anilines is 2. The lowest BCUT2D eigenvalue weighted by Gasteiger charge is -2.28. The van der Waals surface area contributed by atoms with Gasteiger partial charge in [-0.2, -0.15) is 0 Å². The van der Waals surface area contributed by atoms with Gasteiger partial charge in [0, 0.05) is 12.2 Å². The Bertz CT molecular complexity index is 577. The average molecular weight is 274 g/mol. The van der Waals surface area contributed by atoms with E-state index < -0.39 is 5.97 Å². The maximum atomic E-state index is 11.8. The van der Waals surface area contributed by atoms with Crippen molar-refractivity contribution in [3.8, 4) is 18.1 Å². The molecule has 1 aliphatic heterocycles. The highest BCUT2D eigenvalue weighted by Gasteiger charge is 2.24. The Kier molecular flexibility index (Phi) is 4.11. The molecule has 1 amide bonds. The summed E-state index contributed by atoms with van der Waals surface area (Å²) in [7, 11) is 0. The molecular formula is C14H14N2O4. The van der Waals surface area contributed by atoms with Gasteiger partial charge in [0.15, 0.2) is 6.61 Å². The fourth-order valence-electron chi connectivity index (χ4n) is 1.89. The van der Waals surface area contributed by atoms with E-state index in [1.54, 1.807) is 18.2 Å². The maximum Gasteiger partial charge on any atom is 0.305 e. The number of carboxylic acids is 1. The van der Waals surface area contributed by atoms with Crippen LogP contribution in [-0.2, 0) is 9.59 Å². The van der Waals surface area contributed by atoms with Crippen LogP contribution in [-0.4, -0.2) is 36.7 Å². The van der Waals surface area contributed by atoms with E-state index in [0.717, 1.165) is 0 Å². The molecule has 1 aromatic carbocycles. The number of carbonyl (C=O) groups is 2. The fourth-order valence-corrected chi connectivity index (χ4v) is 1.89. The highest BCUT2D eigenvalue weighted by atomic mass is 16.5. The molecule has 0 fully saturated rings. The Morgan fingerprint density at radius 3 is 3.05 bits per heavy atom. The van der Waals surface area contributed by atoms with Crippen LogP contribution in [0.1, 0.15) is 6.42 Å². The molecule has 2 rings (SSSR count). The fraction of sp³-hybridized carbons (Fsp3) is 0.286. The minimum atomic E-state index is -0.872. The van der Waals surface area contributed by atoms with Crippen LogP contribution >= 0.6 is 0 Å². The van der Waals surface area contributed by atoms with Gasteiger partial charge in [-0.25, -0.2) is 0 Å². The van der Waals surface area contributed by atoms with E-state index in [4.69, 9.17) is 16.3 Å².